The van der Waals surface area contributed by atoms with Gasteiger partial charge in [0.15, 0.2) is 0 Å². The van der Waals surface area contributed by atoms with Gasteiger partial charge in [0.05, 0.1) is 11.4 Å². The first-order valence-corrected chi connectivity index (χ1v) is 9.39. The van der Waals surface area contributed by atoms with Gasteiger partial charge in [-0.15, -0.1) is 0 Å². The van der Waals surface area contributed by atoms with Crippen LogP contribution >= 0.6 is 0 Å². The highest BCUT2D eigenvalue weighted by Gasteiger charge is 2.33. The fraction of sp³-hybridized carbons (Fsp3) is 0.350. The van der Waals surface area contributed by atoms with Crippen LogP contribution in [-0.2, 0) is 11.8 Å². The number of hydrogen-bond donors (Lipinski definition) is 0. The summed E-state index contributed by atoms with van der Waals surface area (Å²) in [5.74, 6) is -0.740. The molecule has 2 aromatic rings. The fourth-order valence-electron chi connectivity index (χ4n) is 3.51. The second-order valence-corrected chi connectivity index (χ2v) is 7.05. The summed E-state index contributed by atoms with van der Waals surface area (Å²) in [5.41, 5.74) is 1.95. The van der Waals surface area contributed by atoms with E-state index in [1.807, 2.05) is 17.9 Å². The van der Waals surface area contributed by atoms with Crippen molar-refractivity contribution >= 4 is 23.5 Å². The highest BCUT2D eigenvalue weighted by molar-refractivity contribution is 6.23. The minimum Gasteiger partial charge on any atom is -0.337 e. The van der Waals surface area contributed by atoms with Crippen LogP contribution in [0.1, 0.15) is 21.7 Å². The van der Waals surface area contributed by atoms with Crippen LogP contribution in [0.5, 0.6) is 0 Å². The maximum Gasteiger partial charge on any atom is 0.289 e. The molecule has 0 bridgehead atoms. The Kier molecular flexibility index (Phi) is 4.96. The molecule has 0 N–H and O–H groups in total. The van der Waals surface area contributed by atoms with E-state index in [0.717, 1.165) is 5.69 Å². The topological polar surface area (TPSA) is 83.2 Å². The number of aryl methyl sites for hydroxylation is 2. The zero-order valence-electron chi connectivity index (χ0n) is 16.2. The Morgan fingerprint density at radius 3 is 2.41 bits per heavy atom. The number of aromatic nitrogens is 2. The molecule has 29 heavy (non-hydrogen) atoms. The second kappa shape index (κ2) is 7.57. The molecule has 1 aromatic carbocycles. The molecule has 0 aliphatic carbocycles. The van der Waals surface area contributed by atoms with E-state index in [1.54, 1.807) is 47.0 Å². The van der Waals surface area contributed by atoms with Crippen molar-refractivity contribution in [1.82, 2.24) is 19.6 Å². The lowest BCUT2D eigenvalue weighted by Crippen LogP contribution is -2.51. The number of aliphatic imine (C=N–C) groups is 2. The van der Waals surface area contributed by atoms with Gasteiger partial charge in [0.2, 0.25) is 12.1 Å². The van der Waals surface area contributed by atoms with Crippen LogP contribution in [0, 0.1) is 6.92 Å². The predicted octanol–water partition coefficient (Wildman–Crippen LogP) is 1.21. The van der Waals surface area contributed by atoms with Crippen molar-refractivity contribution in [2.45, 2.75) is 13.1 Å². The number of halogens is 1. The molecule has 4 rings (SSSR count). The summed E-state index contributed by atoms with van der Waals surface area (Å²) in [6.45, 7) is 3.65. The lowest BCUT2D eigenvalue weighted by Gasteiger charge is -2.35. The summed E-state index contributed by atoms with van der Waals surface area (Å²) in [6.07, 6.45) is -1.86. The Bertz CT molecular complexity index is 1010. The minimum absolute atomic E-state index is 0.0736. The normalized spacial score (nSPS) is 19.8. The number of benzene rings is 1. The van der Waals surface area contributed by atoms with Crippen molar-refractivity contribution in [2.75, 3.05) is 26.2 Å². The molecule has 1 saturated heterocycles. The van der Waals surface area contributed by atoms with Gasteiger partial charge in [-0.1, -0.05) is 30.3 Å². The van der Waals surface area contributed by atoms with Crippen LogP contribution in [-0.4, -0.2) is 75.4 Å². The van der Waals surface area contributed by atoms with Crippen LogP contribution in [0.2, 0.25) is 0 Å². The van der Waals surface area contributed by atoms with Crippen LogP contribution in [0.15, 0.2) is 46.4 Å². The highest BCUT2D eigenvalue weighted by Crippen LogP contribution is 2.17. The van der Waals surface area contributed by atoms with E-state index < -0.39 is 12.1 Å². The molecule has 1 atom stereocenters. The van der Waals surface area contributed by atoms with Crippen molar-refractivity contribution in [3.63, 3.8) is 0 Å². The van der Waals surface area contributed by atoms with Crippen LogP contribution < -0.4 is 0 Å². The van der Waals surface area contributed by atoms with Crippen molar-refractivity contribution in [1.29, 1.82) is 0 Å². The van der Waals surface area contributed by atoms with Crippen molar-refractivity contribution in [3.05, 3.63) is 53.3 Å². The molecule has 3 heterocycles. The number of rotatable bonds is 2. The molecule has 0 spiro atoms. The number of hydrogen-bond acceptors (Lipinski definition) is 5. The molecule has 9 heteroatoms. The molecule has 1 aromatic heterocycles. The molecule has 2 amide bonds. The third-order valence-corrected chi connectivity index (χ3v) is 5.03. The molecule has 150 valence electrons. The molecule has 1 fully saturated rings. The SMILES string of the molecule is Cc1cc(C(=O)N2CCN(C3=NC(=O)C(F)C(c4ccccc4)=N3)CC2)n(C)n1. The van der Waals surface area contributed by atoms with Gasteiger partial charge >= 0.3 is 0 Å². The van der Waals surface area contributed by atoms with Crippen LogP contribution in [0.4, 0.5) is 4.39 Å². The first-order chi connectivity index (χ1) is 13.9. The maximum atomic E-state index is 14.4. The van der Waals surface area contributed by atoms with Gasteiger partial charge in [0.1, 0.15) is 5.69 Å². The molecule has 2 aliphatic rings. The molecule has 2 aliphatic heterocycles. The molecular formula is C20H21FN6O2. The molecule has 0 saturated carbocycles. The summed E-state index contributed by atoms with van der Waals surface area (Å²) in [5, 5.41) is 4.22. The molecule has 8 nitrogen and oxygen atoms in total. The summed E-state index contributed by atoms with van der Waals surface area (Å²) in [4.78, 5) is 36.5. The average molecular weight is 396 g/mol. The van der Waals surface area contributed by atoms with E-state index in [9.17, 15) is 14.0 Å². The first-order valence-electron chi connectivity index (χ1n) is 9.39. The number of carbonyl (C=O) groups excluding carboxylic acids is 2. The van der Waals surface area contributed by atoms with Crippen molar-refractivity contribution < 1.29 is 14.0 Å². The predicted molar refractivity (Wildman–Crippen MR) is 106 cm³/mol. The number of carbonyl (C=O) groups is 2. The lowest BCUT2D eigenvalue weighted by atomic mass is 10.0. The number of piperazine rings is 1. The first kappa shape index (κ1) is 19.0. The van der Waals surface area contributed by atoms with Crippen LogP contribution in [0.3, 0.4) is 0 Å². The Hall–Kier alpha value is -3.36. The van der Waals surface area contributed by atoms with Crippen LogP contribution in [0.25, 0.3) is 0 Å². The van der Waals surface area contributed by atoms with E-state index in [0.29, 0.717) is 37.4 Å². The summed E-state index contributed by atoms with van der Waals surface area (Å²) in [7, 11) is 1.74. The smallest absolute Gasteiger partial charge is 0.289 e. The van der Waals surface area contributed by atoms with E-state index in [-0.39, 0.29) is 17.6 Å². The summed E-state index contributed by atoms with van der Waals surface area (Å²) in [6, 6.07) is 10.5. The molecule has 0 radical (unpaired) electrons. The monoisotopic (exact) mass is 396 g/mol. The maximum absolute atomic E-state index is 14.4. The fourth-order valence-corrected chi connectivity index (χ4v) is 3.51. The Morgan fingerprint density at radius 2 is 1.79 bits per heavy atom. The van der Waals surface area contributed by atoms with Crippen molar-refractivity contribution in [2.24, 2.45) is 17.0 Å². The minimum atomic E-state index is -1.86. The zero-order chi connectivity index (χ0) is 20.5. The Morgan fingerprint density at radius 1 is 1.10 bits per heavy atom. The number of alkyl halides is 1. The van der Waals surface area contributed by atoms with Gasteiger partial charge in [-0.3, -0.25) is 14.3 Å². The summed E-state index contributed by atoms with van der Waals surface area (Å²) < 4.78 is 16.0. The number of guanidine groups is 1. The average Bonchev–Trinajstić information content (AvgIpc) is 3.08. The van der Waals surface area contributed by atoms with E-state index in [2.05, 4.69) is 15.1 Å². The van der Waals surface area contributed by atoms with E-state index in [4.69, 9.17) is 0 Å². The molecule has 1 unspecified atom stereocenters. The lowest BCUT2D eigenvalue weighted by molar-refractivity contribution is -0.120. The van der Waals surface area contributed by atoms with Gasteiger partial charge in [-0.2, -0.15) is 10.1 Å². The highest BCUT2D eigenvalue weighted by atomic mass is 19.1. The largest absolute Gasteiger partial charge is 0.337 e. The quantitative estimate of drug-likeness (QED) is 0.764. The third-order valence-electron chi connectivity index (χ3n) is 5.03. The number of nitrogens with zero attached hydrogens (tertiary/aromatic N) is 6. The molecular weight excluding hydrogens is 375 g/mol. The van der Waals surface area contributed by atoms with Gasteiger partial charge in [-0.05, 0) is 18.6 Å². The van der Waals surface area contributed by atoms with E-state index >= 15 is 0 Å². The summed E-state index contributed by atoms with van der Waals surface area (Å²) >= 11 is 0. The van der Waals surface area contributed by atoms with Gasteiger partial charge in [0, 0.05) is 33.2 Å². The second-order valence-electron chi connectivity index (χ2n) is 7.05. The third kappa shape index (κ3) is 3.67. The van der Waals surface area contributed by atoms with Gasteiger partial charge in [0.25, 0.3) is 11.8 Å². The van der Waals surface area contributed by atoms with E-state index in [1.165, 1.54) is 0 Å². The standard InChI is InChI=1S/C20H21FN6O2/c1-13-12-15(25(2)24-13)19(29)26-8-10-27(11-9-26)20-22-17(16(21)18(28)23-20)14-6-4-3-5-7-14/h3-7,12,16H,8-11H2,1-2H3. The number of amides is 2. The Labute approximate surface area is 167 Å². The zero-order valence-corrected chi connectivity index (χ0v) is 16.2. The van der Waals surface area contributed by atoms with Crippen molar-refractivity contribution in [3.8, 4) is 0 Å². The van der Waals surface area contributed by atoms with Gasteiger partial charge < -0.3 is 9.80 Å². The van der Waals surface area contributed by atoms with Gasteiger partial charge in [-0.25, -0.2) is 9.38 Å². The Balaban J connectivity index is 1.48.